The van der Waals surface area contributed by atoms with E-state index in [2.05, 4.69) is 15.5 Å². The highest BCUT2D eigenvalue weighted by atomic mass is 35.5. The Morgan fingerprint density at radius 1 is 1.23 bits per heavy atom. The van der Waals surface area contributed by atoms with Crippen molar-refractivity contribution >= 4 is 46.3 Å². The number of nitrogens with one attached hydrogen (secondary N) is 1. The van der Waals surface area contributed by atoms with Gasteiger partial charge in [0.25, 0.3) is 5.69 Å². The van der Waals surface area contributed by atoms with Crippen molar-refractivity contribution in [3.8, 4) is 11.4 Å². The fraction of sp³-hybridized carbons (Fsp3) is 0.211. The van der Waals surface area contributed by atoms with Gasteiger partial charge < -0.3 is 14.8 Å². The average Bonchev–Trinajstić information content (AvgIpc) is 3.08. The predicted octanol–water partition coefficient (Wildman–Crippen LogP) is 3.84. The normalized spacial score (nSPS) is 10.7. The van der Waals surface area contributed by atoms with Crippen LogP contribution in [0, 0.1) is 10.1 Å². The summed E-state index contributed by atoms with van der Waals surface area (Å²) in [6.45, 7) is 0. The van der Waals surface area contributed by atoms with Crippen molar-refractivity contribution in [2.24, 2.45) is 7.05 Å². The highest BCUT2D eigenvalue weighted by molar-refractivity contribution is 7.99. The van der Waals surface area contributed by atoms with E-state index in [-0.39, 0.29) is 22.4 Å². The van der Waals surface area contributed by atoms with Crippen LogP contribution in [-0.4, -0.2) is 45.4 Å². The number of nitrogens with zero attached hydrogens (tertiary/aromatic N) is 5. The number of halogens is 1. The van der Waals surface area contributed by atoms with Gasteiger partial charge in [0.05, 0.1) is 10.7 Å². The monoisotopic (exact) mass is 446 g/mol. The molecule has 1 N–H and O–H groups in total. The molecule has 3 aromatic rings. The number of thioether (sulfide) groups is 1. The molecule has 0 bridgehead atoms. The van der Waals surface area contributed by atoms with Gasteiger partial charge in [-0.05, 0) is 36.4 Å². The van der Waals surface area contributed by atoms with E-state index in [0.29, 0.717) is 16.7 Å². The molecule has 3 rings (SSSR count). The molecule has 0 aliphatic rings. The van der Waals surface area contributed by atoms with Crippen LogP contribution in [0.3, 0.4) is 0 Å². The number of amides is 1. The van der Waals surface area contributed by atoms with Gasteiger partial charge >= 0.3 is 0 Å². The van der Waals surface area contributed by atoms with Gasteiger partial charge in [-0.3, -0.25) is 14.9 Å². The topological polar surface area (TPSA) is 106 Å². The summed E-state index contributed by atoms with van der Waals surface area (Å²) in [7, 11) is 5.77. The first-order valence-corrected chi connectivity index (χ1v) is 10.2. The minimum Gasteiger partial charge on any atom is -0.378 e. The molecule has 156 valence electrons. The molecule has 0 aliphatic heterocycles. The van der Waals surface area contributed by atoms with Crippen molar-refractivity contribution < 1.29 is 9.72 Å². The average molecular weight is 447 g/mol. The number of carbonyl (C=O) groups is 1. The van der Waals surface area contributed by atoms with Crippen molar-refractivity contribution in [2.45, 2.75) is 5.16 Å². The van der Waals surface area contributed by atoms with Gasteiger partial charge in [-0.15, -0.1) is 10.2 Å². The SMILES string of the molecule is CN(C)c1ccc(-c2nnc(SCC(=O)Nc3ccc(Cl)c([N+](=O)[O-])c3)n2C)cc1. The number of hydrogen-bond acceptors (Lipinski definition) is 7. The minimum atomic E-state index is -0.598. The van der Waals surface area contributed by atoms with Crippen LogP contribution >= 0.6 is 23.4 Å². The Hall–Kier alpha value is -3.11. The zero-order chi connectivity index (χ0) is 21.8. The first-order valence-electron chi connectivity index (χ1n) is 8.80. The standard InChI is InChI=1S/C19H19ClN6O3S/c1-24(2)14-7-4-12(5-8-14)18-22-23-19(25(18)3)30-11-17(27)21-13-6-9-15(20)16(10-13)26(28)29/h4-10H,11H2,1-3H3,(H,21,27). The molecule has 1 heterocycles. The number of carbonyl (C=O) groups excluding carboxylic acids is 1. The summed E-state index contributed by atoms with van der Waals surface area (Å²) in [6, 6.07) is 12.0. The Bertz CT molecular complexity index is 1080. The number of nitro groups is 1. The Kier molecular flexibility index (Phi) is 6.58. The lowest BCUT2D eigenvalue weighted by Crippen LogP contribution is -2.14. The molecule has 0 radical (unpaired) electrons. The Morgan fingerprint density at radius 3 is 2.57 bits per heavy atom. The van der Waals surface area contributed by atoms with E-state index < -0.39 is 4.92 Å². The molecule has 0 unspecified atom stereocenters. The van der Waals surface area contributed by atoms with Crippen LogP contribution in [0.2, 0.25) is 5.02 Å². The van der Waals surface area contributed by atoms with Gasteiger partial charge in [-0.2, -0.15) is 0 Å². The van der Waals surface area contributed by atoms with E-state index in [1.807, 2.05) is 54.9 Å². The molecule has 0 spiro atoms. The summed E-state index contributed by atoms with van der Waals surface area (Å²) in [4.78, 5) is 24.6. The van der Waals surface area contributed by atoms with E-state index in [1.54, 1.807) is 0 Å². The van der Waals surface area contributed by atoms with Crippen LogP contribution in [0.1, 0.15) is 0 Å². The van der Waals surface area contributed by atoms with E-state index in [0.717, 1.165) is 11.3 Å². The van der Waals surface area contributed by atoms with Crippen LogP contribution < -0.4 is 10.2 Å². The second kappa shape index (κ2) is 9.14. The van der Waals surface area contributed by atoms with E-state index in [9.17, 15) is 14.9 Å². The zero-order valence-electron chi connectivity index (χ0n) is 16.5. The maximum Gasteiger partial charge on any atom is 0.289 e. The highest BCUT2D eigenvalue weighted by Gasteiger charge is 2.16. The molecule has 2 aromatic carbocycles. The second-order valence-corrected chi connectivity index (χ2v) is 7.92. The lowest BCUT2D eigenvalue weighted by atomic mass is 10.2. The van der Waals surface area contributed by atoms with Crippen LogP contribution in [0.25, 0.3) is 11.4 Å². The van der Waals surface area contributed by atoms with Gasteiger partial charge in [0.15, 0.2) is 11.0 Å². The molecular formula is C19H19ClN6O3S. The number of aromatic nitrogens is 3. The third-order valence-electron chi connectivity index (χ3n) is 4.24. The minimum absolute atomic E-state index is 0.0117. The number of benzene rings is 2. The fourth-order valence-electron chi connectivity index (χ4n) is 2.66. The van der Waals surface area contributed by atoms with E-state index >= 15 is 0 Å². The Balaban J connectivity index is 1.64. The van der Waals surface area contributed by atoms with Crippen LogP contribution in [0.15, 0.2) is 47.6 Å². The molecule has 0 saturated carbocycles. The largest absolute Gasteiger partial charge is 0.378 e. The van der Waals surface area contributed by atoms with Crippen molar-refractivity contribution in [1.29, 1.82) is 0 Å². The van der Waals surface area contributed by atoms with Crippen molar-refractivity contribution in [1.82, 2.24) is 14.8 Å². The number of hydrogen-bond donors (Lipinski definition) is 1. The molecule has 11 heteroatoms. The van der Waals surface area contributed by atoms with Gasteiger partial charge in [0, 0.05) is 44.1 Å². The summed E-state index contributed by atoms with van der Waals surface area (Å²) in [5.74, 6) is 0.440. The zero-order valence-corrected chi connectivity index (χ0v) is 18.1. The summed E-state index contributed by atoms with van der Waals surface area (Å²) in [5, 5.41) is 22.6. The molecule has 0 aliphatic carbocycles. The first-order chi connectivity index (χ1) is 14.3. The number of anilines is 2. The van der Waals surface area contributed by atoms with Gasteiger partial charge in [0.2, 0.25) is 5.91 Å². The molecule has 1 aromatic heterocycles. The van der Waals surface area contributed by atoms with Crippen LogP contribution in [0.5, 0.6) is 0 Å². The van der Waals surface area contributed by atoms with Gasteiger partial charge in [-0.1, -0.05) is 23.4 Å². The summed E-state index contributed by atoms with van der Waals surface area (Å²) in [5.41, 5.74) is 2.03. The van der Waals surface area contributed by atoms with Crippen LogP contribution in [0.4, 0.5) is 17.1 Å². The van der Waals surface area contributed by atoms with Crippen molar-refractivity contribution in [3.05, 3.63) is 57.6 Å². The third kappa shape index (κ3) is 4.89. The second-order valence-electron chi connectivity index (χ2n) is 6.57. The van der Waals surface area contributed by atoms with Gasteiger partial charge in [-0.25, -0.2) is 0 Å². The summed E-state index contributed by atoms with van der Waals surface area (Å²) >= 11 is 7.01. The third-order valence-corrected chi connectivity index (χ3v) is 5.58. The number of rotatable bonds is 7. The highest BCUT2D eigenvalue weighted by Crippen LogP contribution is 2.28. The summed E-state index contributed by atoms with van der Waals surface area (Å²) in [6.07, 6.45) is 0. The predicted molar refractivity (Wildman–Crippen MR) is 118 cm³/mol. The van der Waals surface area contributed by atoms with E-state index in [1.165, 1.54) is 30.0 Å². The Morgan fingerprint density at radius 2 is 1.93 bits per heavy atom. The molecule has 9 nitrogen and oxygen atoms in total. The molecular weight excluding hydrogens is 428 g/mol. The smallest absolute Gasteiger partial charge is 0.289 e. The maximum atomic E-state index is 12.2. The Labute approximate surface area is 182 Å². The quantitative estimate of drug-likeness (QED) is 0.334. The molecule has 0 saturated heterocycles. The molecule has 1 amide bonds. The summed E-state index contributed by atoms with van der Waals surface area (Å²) < 4.78 is 1.82. The van der Waals surface area contributed by atoms with Crippen molar-refractivity contribution in [2.75, 3.05) is 30.1 Å². The van der Waals surface area contributed by atoms with Gasteiger partial charge in [0.1, 0.15) is 5.02 Å². The lowest BCUT2D eigenvalue weighted by Gasteiger charge is -2.12. The lowest BCUT2D eigenvalue weighted by molar-refractivity contribution is -0.384. The molecule has 0 atom stereocenters. The molecule has 0 fully saturated rings. The number of nitro benzene ring substituents is 1. The van der Waals surface area contributed by atoms with Crippen LogP contribution in [-0.2, 0) is 11.8 Å². The maximum absolute atomic E-state index is 12.2. The molecule has 30 heavy (non-hydrogen) atoms. The first kappa shape index (κ1) is 21.6. The fourth-order valence-corrected chi connectivity index (χ4v) is 3.56. The van der Waals surface area contributed by atoms with Crippen molar-refractivity contribution in [3.63, 3.8) is 0 Å². The van der Waals surface area contributed by atoms with E-state index in [4.69, 9.17) is 11.6 Å².